The van der Waals surface area contributed by atoms with E-state index in [1.165, 1.54) is 35.7 Å². The Morgan fingerprint density at radius 2 is 1.90 bits per heavy atom. The minimum atomic E-state index is -0.0330. The monoisotopic (exact) mass is 436 g/mol. The summed E-state index contributed by atoms with van der Waals surface area (Å²) in [7, 11) is 1.90. The van der Waals surface area contributed by atoms with Gasteiger partial charge in [-0.1, -0.05) is 48.2 Å². The molecule has 0 fully saturated rings. The van der Waals surface area contributed by atoms with E-state index in [0.717, 1.165) is 30.0 Å². The van der Waals surface area contributed by atoms with E-state index in [-0.39, 0.29) is 17.7 Å². The molecule has 0 spiro atoms. The first-order chi connectivity index (χ1) is 15.1. The quantitative estimate of drug-likeness (QED) is 0.535. The molecule has 0 unspecified atom stereocenters. The highest BCUT2D eigenvalue weighted by molar-refractivity contribution is 7.99. The van der Waals surface area contributed by atoms with E-state index in [9.17, 15) is 4.79 Å². The third-order valence-electron chi connectivity index (χ3n) is 5.62. The molecule has 1 aliphatic carbocycles. The number of ether oxygens (including phenoxy) is 1. The van der Waals surface area contributed by atoms with Crippen LogP contribution >= 0.6 is 11.8 Å². The Kier molecular flexibility index (Phi) is 6.92. The molecule has 4 rings (SSSR count). The Morgan fingerprint density at radius 1 is 1.13 bits per heavy atom. The molecule has 3 aromatic rings. The van der Waals surface area contributed by atoms with Gasteiger partial charge in [-0.05, 0) is 61.4 Å². The van der Waals surface area contributed by atoms with Crippen molar-refractivity contribution in [2.24, 2.45) is 7.05 Å². The Hall–Kier alpha value is -2.80. The van der Waals surface area contributed by atoms with E-state index in [1.807, 2.05) is 54.9 Å². The molecule has 0 radical (unpaired) electrons. The van der Waals surface area contributed by atoms with Gasteiger partial charge in [-0.15, -0.1) is 10.2 Å². The maximum absolute atomic E-state index is 12.3. The summed E-state index contributed by atoms with van der Waals surface area (Å²) in [6.45, 7) is 2.33. The highest BCUT2D eigenvalue weighted by atomic mass is 32.2. The Balaban J connectivity index is 1.28. The maximum Gasteiger partial charge on any atom is 0.230 e. The molecule has 7 heteroatoms. The highest BCUT2D eigenvalue weighted by Gasteiger charge is 2.15. The predicted octanol–water partition coefficient (Wildman–Crippen LogP) is 4.24. The maximum atomic E-state index is 12.3. The van der Waals surface area contributed by atoms with Gasteiger partial charge in [0, 0.05) is 7.05 Å². The summed E-state index contributed by atoms with van der Waals surface area (Å²) in [6.07, 6.45) is 4.81. The number of hydrogen-bond donors (Lipinski definition) is 1. The van der Waals surface area contributed by atoms with E-state index in [4.69, 9.17) is 4.74 Å². The van der Waals surface area contributed by atoms with Gasteiger partial charge in [0.15, 0.2) is 11.0 Å². The Morgan fingerprint density at radius 3 is 2.71 bits per heavy atom. The summed E-state index contributed by atoms with van der Waals surface area (Å²) >= 11 is 1.38. The van der Waals surface area contributed by atoms with Crippen LogP contribution in [0.2, 0.25) is 0 Å². The van der Waals surface area contributed by atoms with Gasteiger partial charge in [-0.3, -0.25) is 4.79 Å². The second-order valence-corrected chi connectivity index (χ2v) is 8.82. The molecule has 162 valence electrons. The lowest BCUT2D eigenvalue weighted by Crippen LogP contribution is -2.28. The fourth-order valence-corrected chi connectivity index (χ4v) is 4.52. The molecule has 0 saturated carbocycles. The minimum absolute atomic E-state index is 0.0313. The predicted molar refractivity (Wildman–Crippen MR) is 122 cm³/mol. The van der Waals surface area contributed by atoms with Crippen molar-refractivity contribution >= 4 is 17.7 Å². The summed E-state index contributed by atoms with van der Waals surface area (Å²) in [5, 5.41) is 12.2. The minimum Gasteiger partial charge on any atom is -0.486 e. The summed E-state index contributed by atoms with van der Waals surface area (Å²) < 4.78 is 7.85. The van der Waals surface area contributed by atoms with Crippen LogP contribution in [0.4, 0.5) is 0 Å². The first kappa shape index (κ1) is 21.4. The zero-order valence-corrected chi connectivity index (χ0v) is 18.8. The number of amides is 1. The average Bonchev–Trinajstić information content (AvgIpc) is 3.16. The van der Waals surface area contributed by atoms with Crippen LogP contribution in [-0.4, -0.2) is 26.4 Å². The number of nitrogens with one attached hydrogen (secondary N) is 1. The molecule has 1 aliphatic rings. The van der Waals surface area contributed by atoms with Gasteiger partial charge in [0.2, 0.25) is 5.91 Å². The van der Waals surface area contributed by atoms with Gasteiger partial charge >= 0.3 is 0 Å². The van der Waals surface area contributed by atoms with Crippen molar-refractivity contribution in [3.05, 3.63) is 71.0 Å². The second kappa shape index (κ2) is 10.0. The van der Waals surface area contributed by atoms with Crippen molar-refractivity contribution in [2.45, 2.75) is 50.4 Å². The number of benzene rings is 2. The fourth-order valence-electron chi connectivity index (χ4n) is 3.78. The first-order valence-corrected chi connectivity index (χ1v) is 11.7. The lowest BCUT2D eigenvalue weighted by atomic mass is 9.92. The fraction of sp³-hybridized carbons (Fsp3) is 0.375. The van der Waals surface area contributed by atoms with E-state index >= 15 is 0 Å². The summed E-state index contributed by atoms with van der Waals surface area (Å²) in [6, 6.07) is 16.3. The topological polar surface area (TPSA) is 69.0 Å². The molecule has 1 N–H and O–H groups in total. The Bertz CT molecular complexity index is 1040. The van der Waals surface area contributed by atoms with Gasteiger partial charge < -0.3 is 14.6 Å². The second-order valence-electron chi connectivity index (χ2n) is 7.87. The molecule has 0 saturated heterocycles. The summed E-state index contributed by atoms with van der Waals surface area (Å²) in [5.41, 5.74) is 3.92. The summed E-state index contributed by atoms with van der Waals surface area (Å²) in [4.78, 5) is 12.3. The lowest BCUT2D eigenvalue weighted by molar-refractivity contribution is -0.119. The number of fused-ring (bicyclic) bond motifs is 1. The van der Waals surface area contributed by atoms with Crippen molar-refractivity contribution in [3.8, 4) is 5.75 Å². The third-order valence-corrected chi connectivity index (χ3v) is 6.64. The average molecular weight is 437 g/mol. The van der Waals surface area contributed by atoms with E-state index < -0.39 is 0 Å². The van der Waals surface area contributed by atoms with E-state index in [0.29, 0.717) is 11.8 Å². The van der Waals surface area contributed by atoms with Gasteiger partial charge in [0.25, 0.3) is 0 Å². The SMILES string of the molecule is C[C@@H](NC(=O)CSc1nnc(COc2ccc3c(c2)CCCC3)n1C)c1ccccc1. The Labute approximate surface area is 187 Å². The number of carbonyl (C=O) groups is 1. The van der Waals surface area contributed by atoms with Crippen LogP contribution in [0, 0.1) is 0 Å². The number of thioether (sulfide) groups is 1. The van der Waals surface area contributed by atoms with Crippen LogP contribution in [0.3, 0.4) is 0 Å². The van der Waals surface area contributed by atoms with Crippen molar-refractivity contribution < 1.29 is 9.53 Å². The molecule has 1 atom stereocenters. The van der Waals surface area contributed by atoms with Crippen molar-refractivity contribution in [1.29, 1.82) is 0 Å². The number of rotatable bonds is 8. The zero-order valence-electron chi connectivity index (χ0n) is 18.0. The van der Waals surface area contributed by atoms with Crippen LogP contribution in [0.15, 0.2) is 53.7 Å². The van der Waals surface area contributed by atoms with Crippen LogP contribution < -0.4 is 10.1 Å². The van der Waals surface area contributed by atoms with Gasteiger partial charge in [0.1, 0.15) is 12.4 Å². The molecule has 6 nitrogen and oxygen atoms in total. The molecule has 0 aliphatic heterocycles. The smallest absolute Gasteiger partial charge is 0.230 e. The van der Waals surface area contributed by atoms with Crippen LogP contribution in [0.25, 0.3) is 0 Å². The molecule has 31 heavy (non-hydrogen) atoms. The molecule has 0 bridgehead atoms. The van der Waals surface area contributed by atoms with Crippen molar-refractivity contribution in [1.82, 2.24) is 20.1 Å². The molecule has 2 aromatic carbocycles. The number of nitrogens with zero attached hydrogens (tertiary/aromatic N) is 3. The highest BCUT2D eigenvalue weighted by Crippen LogP contribution is 2.26. The third kappa shape index (κ3) is 5.47. The van der Waals surface area contributed by atoms with Crippen molar-refractivity contribution in [3.63, 3.8) is 0 Å². The van der Waals surface area contributed by atoms with Crippen LogP contribution in [0.5, 0.6) is 5.75 Å². The van der Waals surface area contributed by atoms with Crippen LogP contribution in [-0.2, 0) is 31.3 Å². The number of aryl methyl sites for hydroxylation is 2. The van der Waals surface area contributed by atoms with Gasteiger partial charge in [0.05, 0.1) is 11.8 Å². The number of carbonyl (C=O) groups excluding carboxylic acids is 1. The molecular weight excluding hydrogens is 408 g/mol. The molecular formula is C24H28N4O2S. The first-order valence-electron chi connectivity index (χ1n) is 10.7. The molecule has 1 heterocycles. The van der Waals surface area contributed by atoms with Crippen LogP contribution in [0.1, 0.15) is 48.3 Å². The van der Waals surface area contributed by atoms with Crippen molar-refractivity contribution in [2.75, 3.05) is 5.75 Å². The molecule has 1 amide bonds. The largest absolute Gasteiger partial charge is 0.486 e. The number of hydrogen-bond acceptors (Lipinski definition) is 5. The van der Waals surface area contributed by atoms with Gasteiger partial charge in [-0.2, -0.15) is 0 Å². The van der Waals surface area contributed by atoms with E-state index in [1.54, 1.807) is 0 Å². The standard InChI is InChI=1S/C24H28N4O2S/c1-17(18-8-4-3-5-9-18)25-23(29)16-31-24-27-26-22(28(24)2)15-30-21-13-12-19-10-6-7-11-20(19)14-21/h3-5,8-9,12-14,17H,6-7,10-11,15-16H2,1-2H3,(H,25,29)/t17-/m1/s1. The zero-order chi connectivity index (χ0) is 21.6. The number of aromatic nitrogens is 3. The lowest BCUT2D eigenvalue weighted by Gasteiger charge is -2.16. The summed E-state index contributed by atoms with van der Waals surface area (Å²) in [5.74, 6) is 1.86. The van der Waals surface area contributed by atoms with Gasteiger partial charge in [-0.25, -0.2) is 0 Å². The van der Waals surface area contributed by atoms with E-state index in [2.05, 4.69) is 27.6 Å². The molecule has 1 aromatic heterocycles. The normalized spacial score (nSPS) is 14.0.